The first kappa shape index (κ1) is 24.3. The Morgan fingerprint density at radius 2 is 1.45 bits per heavy atom. The van der Waals surface area contributed by atoms with E-state index in [1.807, 2.05) is 0 Å². The first-order chi connectivity index (χ1) is 14.1. The van der Waals surface area contributed by atoms with E-state index in [9.17, 15) is 40.6 Å². The van der Waals surface area contributed by atoms with Crippen molar-refractivity contribution in [2.45, 2.75) is 18.1 Å². The van der Waals surface area contributed by atoms with E-state index in [4.69, 9.17) is 9.47 Å². The van der Waals surface area contributed by atoms with Crippen LogP contribution >= 0.6 is 0 Å². The summed E-state index contributed by atoms with van der Waals surface area (Å²) < 4.78 is 106. The van der Waals surface area contributed by atoms with Crippen molar-refractivity contribution in [2.75, 3.05) is 0 Å². The van der Waals surface area contributed by atoms with Crippen LogP contribution in [0.15, 0.2) is 24.3 Å². The zero-order valence-corrected chi connectivity index (χ0v) is 16.1. The number of aromatic carboxylic acids is 1. The molecule has 0 aliphatic rings. The molecule has 0 spiro atoms. The van der Waals surface area contributed by atoms with Crippen LogP contribution in [0.2, 0.25) is 0 Å². The van der Waals surface area contributed by atoms with E-state index in [2.05, 4.69) is 4.74 Å². The van der Waals surface area contributed by atoms with Gasteiger partial charge in [0.05, 0.1) is 5.56 Å². The highest BCUT2D eigenvalue weighted by Crippen LogP contribution is 2.42. The van der Waals surface area contributed by atoms with Crippen molar-refractivity contribution in [3.8, 4) is 23.0 Å². The third-order valence-corrected chi connectivity index (χ3v) is 3.46. The molecule has 0 bridgehead atoms. The number of ether oxygens (including phenoxy) is 3. The molecule has 0 saturated carbocycles. The van der Waals surface area contributed by atoms with Crippen molar-refractivity contribution in [3.63, 3.8) is 0 Å². The molecule has 0 aliphatic heterocycles. The Morgan fingerprint density at radius 3 is 1.94 bits per heavy atom. The Labute approximate surface area is 173 Å². The molecule has 0 fully saturated rings. The van der Waals surface area contributed by atoms with Gasteiger partial charge in [0.25, 0.3) is 6.43 Å². The molecule has 2 rings (SSSR count). The molecule has 2 aromatic carbocycles. The van der Waals surface area contributed by atoms with Crippen LogP contribution in [0.4, 0.5) is 30.7 Å². The number of carboxylic acids is 1. The topological polar surface area (TPSA) is 65.0 Å². The molecule has 0 amide bonds. The van der Waals surface area contributed by atoms with E-state index in [-0.39, 0.29) is 0 Å². The summed E-state index contributed by atoms with van der Waals surface area (Å²) in [6.45, 7) is 0. The fourth-order valence-electron chi connectivity index (χ4n) is 2.35. The second-order valence-corrected chi connectivity index (χ2v) is 7.02. The summed E-state index contributed by atoms with van der Waals surface area (Å²) in [6, 6.07) is 2.55. The van der Waals surface area contributed by atoms with Crippen LogP contribution in [-0.2, 0) is 0 Å². The molecule has 0 heterocycles. The molecule has 0 radical (unpaired) electrons. The average Bonchev–Trinajstić information content (AvgIpc) is 2.58. The van der Waals surface area contributed by atoms with Gasteiger partial charge in [-0.1, -0.05) is 0 Å². The van der Waals surface area contributed by atoms with Crippen LogP contribution in [-0.4, -0.2) is 46.3 Å². The van der Waals surface area contributed by atoms with Crippen molar-refractivity contribution in [3.05, 3.63) is 47.0 Å². The van der Waals surface area contributed by atoms with Crippen LogP contribution in [0.25, 0.3) is 0 Å². The number of alkyl halides is 5. The highest BCUT2D eigenvalue weighted by molar-refractivity contribution is 6.58. The van der Waals surface area contributed by atoms with Crippen LogP contribution < -0.4 is 14.2 Å². The van der Waals surface area contributed by atoms with E-state index in [1.54, 1.807) is 0 Å². The molecule has 5 nitrogen and oxygen atoms in total. The van der Waals surface area contributed by atoms with Crippen molar-refractivity contribution in [1.29, 1.82) is 0 Å². The van der Waals surface area contributed by atoms with E-state index in [0.29, 0.717) is 18.2 Å². The molecule has 0 aromatic heterocycles. The molecular formula is C16H12B3F7O5. The molecule has 0 saturated heterocycles. The normalized spacial score (nSPS) is 12.0. The molecule has 0 aliphatic carbocycles. The standard InChI is InChI=1S/C16H12B3F7O5/c17-15(18,19)31-12-8(4-3-7(11(12)21)30-16(24,25)26)29-6-2-1-5(13(22)23)10(20)9(6)14(27)28/h1-4,13H,17-19H2,(H,27,28). The third kappa shape index (κ3) is 6.01. The lowest BCUT2D eigenvalue weighted by atomic mass is 9.52. The summed E-state index contributed by atoms with van der Waals surface area (Å²) in [7, 11) is 4.27. The van der Waals surface area contributed by atoms with Gasteiger partial charge in [-0.15, -0.1) is 13.2 Å². The molecule has 2 aromatic rings. The molecule has 15 heteroatoms. The zero-order valence-electron chi connectivity index (χ0n) is 16.1. The number of rotatable bonds is 7. The summed E-state index contributed by atoms with van der Waals surface area (Å²) in [5.74, 6) is -9.00. The quantitative estimate of drug-likeness (QED) is 0.518. The van der Waals surface area contributed by atoms with Crippen LogP contribution in [0.5, 0.6) is 23.0 Å². The van der Waals surface area contributed by atoms with Crippen molar-refractivity contribution in [1.82, 2.24) is 0 Å². The Bertz CT molecular complexity index is 993. The van der Waals surface area contributed by atoms with Gasteiger partial charge in [-0.25, -0.2) is 18.0 Å². The van der Waals surface area contributed by atoms with Gasteiger partial charge in [-0.2, -0.15) is 4.39 Å². The number of hydrogen-bond donors (Lipinski definition) is 1. The van der Waals surface area contributed by atoms with Crippen molar-refractivity contribution in [2.24, 2.45) is 0 Å². The first-order valence-electron chi connectivity index (χ1n) is 8.39. The Hall–Kier alpha value is -2.99. The lowest BCUT2D eigenvalue weighted by Gasteiger charge is -2.25. The maximum Gasteiger partial charge on any atom is 0.573 e. The largest absolute Gasteiger partial charge is 0.573 e. The van der Waals surface area contributed by atoms with E-state index in [0.717, 1.165) is 6.07 Å². The summed E-state index contributed by atoms with van der Waals surface area (Å²) in [5.41, 5.74) is -2.49. The SMILES string of the molecule is BC(B)(B)Oc1c(Oc2ccc(C(F)F)c(F)c2C(=O)O)ccc(OC(F)(F)F)c1F. The molecule has 0 atom stereocenters. The predicted molar refractivity (Wildman–Crippen MR) is 100 cm³/mol. The summed E-state index contributed by atoms with van der Waals surface area (Å²) in [6.07, 6.45) is -8.56. The zero-order chi connectivity index (χ0) is 23.7. The van der Waals surface area contributed by atoms with E-state index >= 15 is 0 Å². The molecular weight excluding hydrogens is 438 g/mol. The van der Waals surface area contributed by atoms with Gasteiger partial charge >= 0.3 is 12.3 Å². The number of benzene rings is 2. The molecule has 31 heavy (non-hydrogen) atoms. The maximum absolute atomic E-state index is 14.7. The maximum atomic E-state index is 14.7. The number of carbonyl (C=O) groups is 1. The Balaban J connectivity index is 2.62. The fraction of sp³-hybridized carbons (Fsp3) is 0.188. The van der Waals surface area contributed by atoms with Gasteiger partial charge in [-0.05, 0) is 24.3 Å². The highest BCUT2D eigenvalue weighted by Gasteiger charge is 2.34. The van der Waals surface area contributed by atoms with Gasteiger partial charge in [-0.3, -0.25) is 0 Å². The Kier molecular flexibility index (Phi) is 6.76. The monoisotopic (exact) mass is 450 g/mol. The number of hydrogen-bond acceptors (Lipinski definition) is 4. The highest BCUT2D eigenvalue weighted by atomic mass is 19.4. The molecule has 0 unspecified atom stereocenters. The number of carboxylic acid groups (broad SMARTS) is 1. The van der Waals surface area contributed by atoms with Crippen LogP contribution in [0.1, 0.15) is 22.3 Å². The van der Waals surface area contributed by atoms with Gasteiger partial charge in [0, 0.05) is 5.30 Å². The Morgan fingerprint density at radius 1 is 0.903 bits per heavy atom. The van der Waals surface area contributed by atoms with E-state index < -0.39 is 69.8 Å². The molecule has 1 N–H and O–H groups in total. The lowest BCUT2D eigenvalue weighted by molar-refractivity contribution is -0.275. The summed E-state index contributed by atoms with van der Waals surface area (Å²) in [4.78, 5) is 11.4. The van der Waals surface area contributed by atoms with Crippen molar-refractivity contribution < 1.29 is 54.8 Å². The lowest BCUT2D eigenvalue weighted by Crippen LogP contribution is -2.38. The minimum absolute atomic E-state index is 0.526. The third-order valence-electron chi connectivity index (χ3n) is 3.46. The fourth-order valence-corrected chi connectivity index (χ4v) is 2.35. The second-order valence-electron chi connectivity index (χ2n) is 7.02. The van der Waals surface area contributed by atoms with Crippen LogP contribution in [0, 0.1) is 11.6 Å². The van der Waals surface area contributed by atoms with Gasteiger partial charge in [0.15, 0.2) is 17.2 Å². The van der Waals surface area contributed by atoms with Gasteiger partial charge in [0.1, 0.15) is 40.7 Å². The van der Waals surface area contributed by atoms with Crippen molar-refractivity contribution >= 4 is 29.5 Å². The van der Waals surface area contributed by atoms with Gasteiger partial charge < -0.3 is 19.3 Å². The number of halogens is 7. The van der Waals surface area contributed by atoms with Gasteiger partial charge in [0.2, 0.25) is 5.82 Å². The summed E-state index contributed by atoms with van der Waals surface area (Å²) in [5, 5.41) is 8.03. The first-order valence-corrected chi connectivity index (χ1v) is 8.39. The minimum atomic E-state index is -5.23. The summed E-state index contributed by atoms with van der Waals surface area (Å²) >= 11 is 0. The average molecular weight is 450 g/mol. The van der Waals surface area contributed by atoms with Crippen LogP contribution in [0.3, 0.4) is 0 Å². The second kappa shape index (κ2) is 8.63. The predicted octanol–water partition coefficient (Wildman–Crippen LogP) is 2.18. The molecule has 164 valence electrons. The minimum Gasteiger partial charge on any atom is -0.508 e. The van der Waals surface area contributed by atoms with E-state index in [1.165, 1.54) is 23.5 Å². The smallest absolute Gasteiger partial charge is 0.508 e.